The quantitative estimate of drug-likeness (QED) is 0.914. The topological polar surface area (TPSA) is 43.8 Å². The van der Waals surface area contributed by atoms with Crippen LogP contribution in [-0.4, -0.2) is 9.78 Å². The second kappa shape index (κ2) is 6.10. The van der Waals surface area contributed by atoms with Gasteiger partial charge in [0.05, 0.1) is 22.4 Å². The Morgan fingerprint density at radius 3 is 2.35 bits per heavy atom. The molecule has 0 spiro atoms. The number of nitrogens with two attached hydrogens (primary N) is 1. The Hall–Kier alpha value is -1.13. The van der Waals surface area contributed by atoms with Gasteiger partial charge >= 0.3 is 0 Å². The van der Waals surface area contributed by atoms with Crippen molar-refractivity contribution in [3.8, 4) is 0 Å². The molecule has 0 radical (unpaired) electrons. The van der Waals surface area contributed by atoms with E-state index in [1.165, 1.54) is 16.7 Å². The summed E-state index contributed by atoms with van der Waals surface area (Å²) in [5, 5.41) is 4.40. The zero-order valence-corrected chi connectivity index (χ0v) is 14.1. The SMILES string of the molecule is Cc1cc(C)cc(CC(N)c2c(Br)cnn2C(C)C)c1. The fourth-order valence-electron chi connectivity index (χ4n) is 2.65. The van der Waals surface area contributed by atoms with Gasteiger partial charge < -0.3 is 5.73 Å². The van der Waals surface area contributed by atoms with E-state index in [0.29, 0.717) is 6.04 Å². The molecule has 1 heterocycles. The molecular formula is C16H22BrN3. The Labute approximate surface area is 129 Å². The summed E-state index contributed by atoms with van der Waals surface area (Å²) >= 11 is 3.56. The van der Waals surface area contributed by atoms with Gasteiger partial charge in [0.1, 0.15) is 0 Å². The molecule has 1 aromatic heterocycles. The summed E-state index contributed by atoms with van der Waals surface area (Å²) in [5.41, 5.74) is 11.3. The molecule has 108 valence electrons. The molecule has 2 rings (SSSR count). The van der Waals surface area contributed by atoms with Gasteiger partial charge in [-0.15, -0.1) is 0 Å². The van der Waals surface area contributed by atoms with Crippen LogP contribution in [-0.2, 0) is 6.42 Å². The second-order valence-corrected chi connectivity index (χ2v) is 6.58. The first-order chi connectivity index (χ1) is 9.38. The van der Waals surface area contributed by atoms with Crippen molar-refractivity contribution in [3.05, 3.63) is 51.3 Å². The zero-order valence-electron chi connectivity index (χ0n) is 12.5. The van der Waals surface area contributed by atoms with Gasteiger partial charge in [0.25, 0.3) is 0 Å². The van der Waals surface area contributed by atoms with E-state index in [0.717, 1.165) is 16.6 Å². The summed E-state index contributed by atoms with van der Waals surface area (Å²) in [4.78, 5) is 0. The smallest absolute Gasteiger partial charge is 0.0699 e. The first-order valence-corrected chi connectivity index (χ1v) is 7.73. The van der Waals surface area contributed by atoms with E-state index in [9.17, 15) is 0 Å². The first kappa shape index (κ1) is 15.3. The van der Waals surface area contributed by atoms with E-state index >= 15 is 0 Å². The highest BCUT2D eigenvalue weighted by molar-refractivity contribution is 9.10. The summed E-state index contributed by atoms with van der Waals surface area (Å²) in [6.45, 7) is 8.48. The molecule has 0 aliphatic rings. The van der Waals surface area contributed by atoms with E-state index in [2.05, 4.69) is 66.9 Å². The minimum Gasteiger partial charge on any atom is -0.322 e. The number of aryl methyl sites for hydroxylation is 2. The molecule has 1 aromatic carbocycles. The van der Waals surface area contributed by atoms with Crippen LogP contribution in [0.4, 0.5) is 0 Å². The Morgan fingerprint density at radius 1 is 1.20 bits per heavy atom. The van der Waals surface area contributed by atoms with Crippen LogP contribution >= 0.6 is 15.9 Å². The van der Waals surface area contributed by atoms with Gasteiger partial charge in [-0.3, -0.25) is 4.68 Å². The standard InChI is InChI=1S/C16H22BrN3/c1-10(2)20-16(14(17)9-19-20)15(18)8-13-6-11(3)5-12(4)7-13/h5-7,9-10,15H,8,18H2,1-4H3. The van der Waals surface area contributed by atoms with Gasteiger partial charge in [-0.25, -0.2) is 0 Å². The molecule has 0 aliphatic heterocycles. The second-order valence-electron chi connectivity index (χ2n) is 5.72. The number of aromatic nitrogens is 2. The van der Waals surface area contributed by atoms with E-state index in [1.807, 2.05) is 10.9 Å². The lowest BCUT2D eigenvalue weighted by atomic mass is 10.00. The summed E-state index contributed by atoms with van der Waals surface area (Å²) in [7, 11) is 0. The molecule has 20 heavy (non-hydrogen) atoms. The molecule has 2 aromatic rings. The van der Waals surface area contributed by atoms with Crippen molar-refractivity contribution in [2.45, 2.75) is 46.2 Å². The Morgan fingerprint density at radius 2 is 1.80 bits per heavy atom. The van der Waals surface area contributed by atoms with Crippen LogP contribution in [0, 0.1) is 13.8 Å². The van der Waals surface area contributed by atoms with Crippen LogP contribution in [0.15, 0.2) is 28.9 Å². The number of rotatable bonds is 4. The lowest BCUT2D eigenvalue weighted by molar-refractivity contribution is 0.484. The highest BCUT2D eigenvalue weighted by Gasteiger charge is 2.18. The van der Waals surface area contributed by atoms with E-state index in [4.69, 9.17) is 5.73 Å². The summed E-state index contributed by atoms with van der Waals surface area (Å²) < 4.78 is 2.99. The molecule has 0 aliphatic carbocycles. The van der Waals surface area contributed by atoms with Crippen molar-refractivity contribution < 1.29 is 0 Å². The number of halogens is 1. The van der Waals surface area contributed by atoms with Crippen LogP contribution in [0.3, 0.4) is 0 Å². The normalized spacial score (nSPS) is 12.9. The van der Waals surface area contributed by atoms with E-state index in [1.54, 1.807) is 0 Å². The van der Waals surface area contributed by atoms with Crippen LogP contribution in [0.25, 0.3) is 0 Å². The molecule has 0 bridgehead atoms. The number of benzene rings is 1. The third kappa shape index (κ3) is 3.30. The summed E-state index contributed by atoms with van der Waals surface area (Å²) in [6.07, 6.45) is 2.65. The van der Waals surface area contributed by atoms with E-state index < -0.39 is 0 Å². The van der Waals surface area contributed by atoms with Crippen LogP contribution in [0.1, 0.15) is 48.3 Å². The van der Waals surface area contributed by atoms with Gasteiger partial charge in [-0.1, -0.05) is 29.3 Å². The lowest BCUT2D eigenvalue weighted by Crippen LogP contribution is -2.20. The minimum absolute atomic E-state index is 0.0597. The Balaban J connectivity index is 2.28. The third-order valence-corrected chi connectivity index (χ3v) is 3.98. The molecule has 1 atom stereocenters. The Bertz CT molecular complexity index is 582. The highest BCUT2D eigenvalue weighted by atomic mass is 79.9. The van der Waals surface area contributed by atoms with Gasteiger partial charge in [0.2, 0.25) is 0 Å². The molecule has 0 fully saturated rings. The maximum absolute atomic E-state index is 6.42. The molecule has 1 unspecified atom stereocenters. The number of hydrogen-bond acceptors (Lipinski definition) is 2. The van der Waals surface area contributed by atoms with Gasteiger partial charge in [0.15, 0.2) is 0 Å². The van der Waals surface area contributed by atoms with Crippen LogP contribution in [0.5, 0.6) is 0 Å². The molecule has 4 heteroatoms. The Kier molecular flexibility index (Phi) is 4.66. The van der Waals surface area contributed by atoms with Crippen LogP contribution in [0.2, 0.25) is 0 Å². The predicted molar refractivity (Wildman–Crippen MR) is 86.9 cm³/mol. The average Bonchev–Trinajstić information content (AvgIpc) is 2.69. The maximum Gasteiger partial charge on any atom is 0.0699 e. The van der Waals surface area contributed by atoms with E-state index in [-0.39, 0.29) is 6.04 Å². The molecule has 2 N–H and O–H groups in total. The zero-order chi connectivity index (χ0) is 14.9. The highest BCUT2D eigenvalue weighted by Crippen LogP contribution is 2.27. The molecule has 0 saturated heterocycles. The van der Waals surface area contributed by atoms with Gasteiger partial charge in [-0.2, -0.15) is 5.10 Å². The maximum atomic E-state index is 6.42. The first-order valence-electron chi connectivity index (χ1n) is 6.94. The predicted octanol–water partition coefficient (Wildman–Crippen LogP) is 4.09. The van der Waals surface area contributed by atoms with Crippen LogP contribution < -0.4 is 5.73 Å². The lowest BCUT2D eigenvalue weighted by Gasteiger charge is -2.18. The molecular weight excluding hydrogens is 314 g/mol. The van der Waals surface area contributed by atoms with Gasteiger partial charge in [0, 0.05) is 6.04 Å². The van der Waals surface area contributed by atoms with Crippen molar-refractivity contribution in [2.75, 3.05) is 0 Å². The van der Waals surface area contributed by atoms with Crippen molar-refractivity contribution in [1.29, 1.82) is 0 Å². The average molecular weight is 336 g/mol. The third-order valence-electron chi connectivity index (χ3n) is 3.36. The molecule has 3 nitrogen and oxygen atoms in total. The van der Waals surface area contributed by atoms with Crippen molar-refractivity contribution in [1.82, 2.24) is 9.78 Å². The number of nitrogens with zero attached hydrogens (tertiary/aromatic N) is 2. The van der Waals surface area contributed by atoms with Gasteiger partial charge in [-0.05, 0) is 55.6 Å². The summed E-state index contributed by atoms with van der Waals surface area (Å²) in [5.74, 6) is 0. The minimum atomic E-state index is -0.0597. The fourth-order valence-corrected chi connectivity index (χ4v) is 3.21. The largest absolute Gasteiger partial charge is 0.322 e. The number of hydrogen-bond donors (Lipinski definition) is 1. The monoisotopic (exact) mass is 335 g/mol. The fraction of sp³-hybridized carbons (Fsp3) is 0.438. The van der Waals surface area contributed by atoms with Crippen molar-refractivity contribution >= 4 is 15.9 Å². The van der Waals surface area contributed by atoms with Crippen molar-refractivity contribution in [2.24, 2.45) is 5.73 Å². The van der Waals surface area contributed by atoms with Crippen molar-refractivity contribution in [3.63, 3.8) is 0 Å². The molecule has 0 saturated carbocycles. The summed E-state index contributed by atoms with van der Waals surface area (Å²) in [6, 6.07) is 6.84. The molecule has 0 amide bonds.